The van der Waals surface area contributed by atoms with E-state index in [1.54, 1.807) is 11.9 Å². The number of hydrogen-bond donors (Lipinski definition) is 1. The fourth-order valence-electron chi connectivity index (χ4n) is 1.63. The van der Waals surface area contributed by atoms with Crippen molar-refractivity contribution in [2.24, 2.45) is 10.9 Å². The van der Waals surface area contributed by atoms with Gasteiger partial charge in [-0.25, -0.2) is 0 Å². The van der Waals surface area contributed by atoms with Crippen molar-refractivity contribution in [2.75, 3.05) is 6.54 Å². The molecular formula is C12H22N2S. The van der Waals surface area contributed by atoms with E-state index in [9.17, 15) is 0 Å². The average Bonchev–Trinajstić information content (AvgIpc) is 2.27. The highest BCUT2D eigenvalue weighted by Gasteiger charge is 2.18. The van der Waals surface area contributed by atoms with Gasteiger partial charge in [-0.3, -0.25) is 4.99 Å². The molecule has 2 atom stereocenters. The van der Waals surface area contributed by atoms with Gasteiger partial charge in [0.15, 0.2) is 0 Å². The number of rotatable bonds is 6. The summed E-state index contributed by atoms with van der Waals surface area (Å²) >= 11 is 1.81. The summed E-state index contributed by atoms with van der Waals surface area (Å²) in [7, 11) is 0. The van der Waals surface area contributed by atoms with Crippen LogP contribution in [0.15, 0.2) is 17.6 Å². The molecule has 0 bridgehead atoms. The first-order chi connectivity index (χ1) is 7.27. The smallest absolute Gasteiger partial charge is 0.109 e. The second-order valence-corrected chi connectivity index (χ2v) is 5.24. The van der Waals surface area contributed by atoms with Crippen molar-refractivity contribution in [3.63, 3.8) is 0 Å². The van der Waals surface area contributed by atoms with Crippen LogP contribution in [0.25, 0.3) is 0 Å². The van der Waals surface area contributed by atoms with Crippen molar-refractivity contribution in [2.45, 2.75) is 44.8 Å². The molecule has 15 heavy (non-hydrogen) atoms. The molecule has 1 rings (SSSR count). The van der Waals surface area contributed by atoms with E-state index in [-0.39, 0.29) is 0 Å². The number of nitrogens with zero attached hydrogens (tertiary/aromatic N) is 1. The normalized spacial score (nSPS) is 22.8. The minimum Gasteiger partial charge on any atom is -0.318 e. The molecule has 0 saturated heterocycles. The summed E-state index contributed by atoms with van der Waals surface area (Å²) in [6.45, 7) is 9.19. The van der Waals surface area contributed by atoms with Crippen LogP contribution >= 0.6 is 11.9 Å². The van der Waals surface area contributed by atoms with Gasteiger partial charge in [0.25, 0.3) is 0 Å². The molecular weight excluding hydrogens is 204 g/mol. The molecule has 1 N–H and O–H groups in total. The molecule has 0 amide bonds. The third-order valence-electron chi connectivity index (χ3n) is 2.68. The summed E-state index contributed by atoms with van der Waals surface area (Å²) in [5.74, 6) is 1.77. The molecule has 0 aliphatic carbocycles. The van der Waals surface area contributed by atoms with E-state index in [0.717, 1.165) is 13.0 Å². The van der Waals surface area contributed by atoms with Crippen LogP contribution in [0.5, 0.6) is 0 Å². The SMILES string of the molecule is C=CCC1CN=C(C(C)CCCC)NS1. The van der Waals surface area contributed by atoms with Crippen molar-refractivity contribution in [1.82, 2.24) is 4.72 Å². The molecule has 0 fully saturated rings. The highest BCUT2D eigenvalue weighted by Crippen LogP contribution is 2.20. The standard InChI is InChI=1S/C12H22N2S/c1-4-6-8-10(3)12-13-9-11(7-5-2)15-14-12/h5,10-11H,2,4,6-9H2,1,3H3,(H,13,14). The largest absolute Gasteiger partial charge is 0.318 e. The quantitative estimate of drug-likeness (QED) is 0.554. The first-order valence-electron chi connectivity index (χ1n) is 5.84. The zero-order valence-electron chi connectivity index (χ0n) is 9.83. The van der Waals surface area contributed by atoms with E-state index in [1.165, 1.54) is 25.1 Å². The molecule has 2 nitrogen and oxygen atoms in total. The average molecular weight is 226 g/mol. The highest BCUT2D eigenvalue weighted by atomic mass is 32.2. The Labute approximate surface area is 97.8 Å². The molecule has 0 aromatic rings. The van der Waals surface area contributed by atoms with E-state index in [1.807, 2.05) is 6.08 Å². The topological polar surface area (TPSA) is 24.4 Å². The monoisotopic (exact) mass is 226 g/mol. The summed E-state index contributed by atoms with van der Waals surface area (Å²) < 4.78 is 3.38. The molecule has 0 aromatic carbocycles. The van der Waals surface area contributed by atoms with Crippen molar-refractivity contribution >= 4 is 17.8 Å². The summed E-state index contributed by atoms with van der Waals surface area (Å²) in [5.41, 5.74) is 0. The van der Waals surface area contributed by atoms with Crippen LogP contribution in [-0.2, 0) is 0 Å². The molecule has 2 unspecified atom stereocenters. The van der Waals surface area contributed by atoms with Crippen molar-refractivity contribution in [3.05, 3.63) is 12.7 Å². The van der Waals surface area contributed by atoms with Gasteiger partial charge in [0.2, 0.25) is 0 Å². The molecule has 0 spiro atoms. The number of unbranched alkanes of at least 4 members (excludes halogenated alkanes) is 1. The van der Waals surface area contributed by atoms with Crippen molar-refractivity contribution in [1.29, 1.82) is 0 Å². The Morgan fingerprint density at radius 1 is 1.73 bits per heavy atom. The molecule has 1 heterocycles. The molecule has 3 heteroatoms. The third kappa shape index (κ3) is 4.29. The fourth-order valence-corrected chi connectivity index (χ4v) is 2.56. The lowest BCUT2D eigenvalue weighted by molar-refractivity contribution is 0.613. The molecule has 1 aliphatic rings. The van der Waals surface area contributed by atoms with Gasteiger partial charge in [-0.2, -0.15) is 0 Å². The van der Waals surface area contributed by atoms with Crippen LogP contribution < -0.4 is 4.72 Å². The van der Waals surface area contributed by atoms with Gasteiger partial charge in [0.05, 0.1) is 6.54 Å². The second kappa shape index (κ2) is 6.94. The summed E-state index contributed by atoms with van der Waals surface area (Å²) in [6.07, 6.45) is 6.82. The Morgan fingerprint density at radius 3 is 3.07 bits per heavy atom. The number of aliphatic imine (C=N–C) groups is 1. The molecule has 1 aliphatic heterocycles. The number of allylic oxidation sites excluding steroid dienone is 1. The molecule has 0 saturated carbocycles. The first kappa shape index (κ1) is 12.6. The lowest BCUT2D eigenvalue weighted by atomic mass is 10.0. The number of hydrogen-bond acceptors (Lipinski definition) is 3. The van der Waals surface area contributed by atoms with Gasteiger partial charge >= 0.3 is 0 Å². The second-order valence-electron chi connectivity index (χ2n) is 4.14. The Hall–Kier alpha value is -0.440. The lowest BCUT2D eigenvalue weighted by Crippen LogP contribution is -2.32. The predicted molar refractivity (Wildman–Crippen MR) is 70.3 cm³/mol. The zero-order valence-corrected chi connectivity index (χ0v) is 10.6. The molecule has 0 radical (unpaired) electrons. The van der Waals surface area contributed by atoms with E-state index in [2.05, 4.69) is 30.1 Å². The summed E-state index contributed by atoms with van der Waals surface area (Å²) in [5, 5.41) is 0.574. The van der Waals surface area contributed by atoms with Crippen LogP contribution in [0.1, 0.15) is 39.5 Å². The predicted octanol–water partition coefficient (Wildman–Crippen LogP) is 3.41. The number of amidine groups is 1. The maximum absolute atomic E-state index is 4.62. The maximum atomic E-state index is 4.62. The van der Waals surface area contributed by atoms with Crippen LogP contribution in [-0.4, -0.2) is 17.6 Å². The van der Waals surface area contributed by atoms with Gasteiger partial charge in [-0.05, 0) is 24.8 Å². The van der Waals surface area contributed by atoms with Crippen molar-refractivity contribution < 1.29 is 0 Å². The highest BCUT2D eigenvalue weighted by molar-refractivity contribution is 7.98. The lowest BCUT2D eigenvalue weighted by Gasteiger charge is -2.24. The first-order valence-corrected chi connectivity index (χ1v) is 6.72. The Morgan fingerprint density at radius 2 is 2.53 bits per heavy atom. The van der Waals surface area contributed by atoms with Gasteiger partial charge in [0, 0.05) is 11.2 Å². The van der Waals surface area contributed by atoms with E-state index in [4.69, 9.17) is 0 Å². The number of nitrogens with one attached hydrogen (secondary N) is 1. The Kier molecular flexibility index (Phi) is 5.84. The molecule has 0 aromatic heterocycles. The van der Waals surface area contributed by atoms with Crippen LogP contribution in [0, 0.1) is 5.92 Å². The molecule has 86 valence electrons. The minimum absolute atomic E-state index is 0.574. The van der Waals surface area contributed by atoms with Gasteiger partial charge in [0.1, 0.15) is 5.84 Å². The van der Waals surface area contributed by atoms with E-state index < -0.39 is 0 Å². The van der Waals surface area contributed by atoms with E-state index in [0.29, 0.717) is 11.2 Å². The van der Waals surface area contributed by atoms with Gasteiger partial charge in [-0.15, -0.1) is 6.58 Å². The van der Waals surface area contributed by atoms with E-state index >= 15 is 0 Å². The Balaban J connectivity index is 2.35. The third-order valence-corrected chi connectivity index (χ3v) is 3.68. The summed E-state index contributed by atoms with van der Waals surface area (Å²) in [4.78, 5) is 4.62. The van der Waals surface area contributed by atoms with Crippen LogP contribution in [0.2, 0.25) is 0 Å². The van der Waals surface area contributed by atoms with Gasteiger partial charge in [-0.1, -0.05) is 32.8 Å². The maximum Gasteiger partial charge on any atom is 0.109 e. The van der Waals surface area contributed by atoms with Crippen LogP contribution in [0.3, 0.4) is 0 Å². The zero-order chi connectivity index (χ0) is 11.1. The Bertz CT molecular complexity index is 226. The minimum atomic E-state index is 0.574. The van der Waals surface area contributed by atoms with Crippen LogP contribution in [0.4, 0.5) is 0 Å². The van der Waals surface area contributed by atoms with Gasteiger partial charge < -0.3 is 4.72 Å². The summed E-state index contributed by atoms with van der Waals surface area (Å²) in [6, 6.07) is 0. The fraction of sp³-hybridized carbons (Fsp3) is 0.750. The van der Waals surface area contributed by atoms with Crippen molar-refractivity contribution in [3.8, 4) is 0 Å².